The molecule has 0 heterocycles. The van der Waals surface area contributed by atoms with E-state index in [1.54, 1.807) is 61.5 Å². The van der Waals surface area contributed by atoms with Gasteiger partial charge in [-0.2, -0.15) is 0 Å². The van der Waals surface area contributed by atoms with Gasteiger partial charge in [0.25, 0.3) is 10.0 Å². The maximum absolute atomic E-state index is 14.1. The molecule has 0 saturated heterocycles. The molecular formula is C30H35Cl2N3O4S. The molecule has 1 N–H and O–H groups in total. The lowest BCUT2D eigenvalue weighted by Crippen LogP contribution is -2.53. The van der Waals surface area contributed by atoms with E-state index in [2.05, 4.69) is 5.32 Å². The summed E-state index contributed by atoms with van der Waals surface area (Å²) in [6, 6.07) is 18.9. The number of aryl methyl sites for hydroxylation is 1. The van der Waals surface area contributed by atoms with Crippen molar-refractivity contribution in [2.24, 2.45) is 0 Å². The molecular weight excluding hydrogens is 569 g/mol. The van der Waals surface area contributed by atoms with Crippen LogP contribution in [0.15, 0.2) is 77.7 Å². The summed E-state index contributed by atoms with van der Waals surface area (Å²) < 4.78 is 28.9. The van der Waals surface area contributed by atoms with Crippen LogP contribution < -0.4 is 9.62 Å². The first-order chi connectivity index (χ1) is 19.0. The van der Waals surface area contributed by atoms with E-state index in [-0.39, 0.29) is 29.1 Å². The van der Waals surface area contributed by atoms with Crippen molar-refractivity contribution in [3.05, 3.63) is 94.0 Å². The van der Waals surface area contributed by atoms with Crippen molar-refractivity contribution in [2.75, 3.05) is 10.8 Å². The molecule has 3 aromatic carbocycles. The highest BCUT2D eigenvalue weighted by Crippen LogP contribution is 2.30. The number of anilines is 1. The Bertz CT molecular complexity index is 1430. The van der Waals surface area contributed by atoms with Gasteiger partial charge in [0.05, 0.1) is 10.6 Å². The molecule has 3 aromatic rings. The van der Waals surface area contributed by atoms with Crippen LogP contribution in [0.2, 0.25) is 10.0 Å². The van der Waals surface area contributed by atoms with Crippen LogP contribution in [0.4, 0.5) is 5.69 Å². The summed E-state index contributed by atoms with van der Waals surface area (Å²) in [5.74, 6) is -0.862. The summed E-state index contributed by atoms with van der Waals surface area (Å²) in [6.07, 6.45) is 1.04. The summed E-state index contributed by atoms with van der Waals surface area (Å²) >= 11 is 12.7. The Hall–Kier alpha value is -3.07. The fourth-order valence-electron chi connectivity index (χ4n) is 4.25. The Morgan fingerprint density at radius 2 is 1.57 bits per heavy atom. The van der Waals surface area contributed by atoms with Crippen LogP contribution in [-0.2, 0) is 26.2 Å². The normalized spacial score (nSPS) is 12.8. The Balaban J connectivity index is 2.10. The second-order valence-corrected chi connectivity index (χ2v) is 12.3. The number of hydrogen-bond donors (Lipinski definition) is 1. The first-order valence-corrected chi connectivity index (χ1v) is 15.4. The summed E-state index contributed by atoms with van der Waals surface area (Å²) in [5, 5.41) is 3.73. The van der Waals surface area contributed by atoms with Gasteiger partial charge >= 0.3 is 0 Å². The zero-order valence-electron chi connectivity index (χ0n) is 23.1. The Kier molecular flexibility index (Phi) is 11.0. The molecule has 0 unspecified atom stereocenters. The predicted molar refractivity (Wildman–Crippen MR) is 161 cm³/mol. The fraction of sp³-hybridized carbons (Fsp3) is 0.333. The standard InChI is InChI=1S/C30H35Cl2N3O4S/c1-5-22(4)33-30(37)27(6-2)34(19-23-12-10-11-15-26(23)32)29(36)20-35(28-18-24(31)17-16-21(28)3)40(38,39)25-13-8-7-9-14-25/h7-18,22,27H,5-6,19-20H2,1-4H3,(H,33,37)/t22-,27+/m1/s1. The maximum atomic E-state index is 14.1. The van der Waals surface area contributed by atoms with Gasteiger partial charge in [0.1, 0.15) is 12.6 Å². The number of carbonyl (C=O) groups excluding carboxylic acids is 2. The molecule has 2 atom stereocenters. The van der Waals surface area contributed by atoms with Crippen LogP contribution in [-0.4, -0.2) is 43.8 Å². The second-order valence-electron chi connectivity index (χ2n) is 9.61. The Labute approximate surface area is 247 Å². The van der Waals surface area contributed by atoms with Crippen molar-refractivity contribution in [2.45, 2.75) is 64.1 Å². The summed E-state index contributed by atoms with van der Waals surface area (Å²) in [6.45, 7) is 6.89. The van der Waals surface area contributed by atoms with Crippen LogP contribution in [0.3, 0.4) is 0 Å². The number of hydrogen-bond acceptors (Lipinski definition) is 4. The van der Waals surface area contributed by atoms with Crippen molar-refractivity contribution < 1.29 is 18.0 Å². The third-order valence-electron chi connectivity index (χ3n) is 6.74. The average Bonchev–Trinajstić information content (AvgIpc) is 2.94. The van der Waals surface area contributed by atoms with Crippen LogP contribution >= 0.6 is 23.2 Å². The summed E-state index contributed by atoms with van der Waals surface area (Å²) in [5.41, 5.74) is 1.54. The average molecular weight is 605 g/mol. The van der Waals surface area contributed by atoms with Crippen molar-refractivity contribution in [1.82, 2.24) is 10.2 Å². The van der Waals surface area contributed by atoms with Crippen LogP contribution in [0.1, 0.15) is 44.7 Å². The quantitative estimate of drug-likeness (QED) is 0.266. The first-order valence-electron chi connectivity index (χ1n) is 13.2. The number of sulfonamides is 1. The third-order valence-corrected chi connectivity index (χ3v) is 9.11. The molecule has 10 heteroatoms. The van der Waals surface area contributed by atoms with E-state index in [0.29, 0.717) is 27.6 Å². The SMILES string of the molecule is CC[C@@H](C)NC(=O)[C@H](CC)N(Cc1ccccc1Cl)C(=O)CN(c1cc(Cl)ccc1C)S(=O)(=O)c1ccccc1. The van der Waals surface area contributed by atoms with E-state index in [0.717, 1.165) is 10.7 Å². The minimum Gasteiger partial charge on any atom is -0.352 e. The van der Waals surface area contributed by atoms with Gasteiger partial charge in [-0.25, -0.2) is 8.42 Å². The van der Waals surface area contributed by atoms with E-state index in [4.69, 9.17) is 23.2 Å². The van der Waals surface area contributed by atoms with E-state index < -0.39 is 28.5 Å². The Morgan fingerprint density at radius 1 is 0.925 bits per heavy atom. The number of amides is 2. The molecule has 214 valence electrons. The number of nitrogens with one attached hydrogen (secondary N) is 1. The molecule has 0 aliphatic rings. The van der Waals surface area contributed by atoms with Crippen LogP contribution in [0.5, 0.6) is 0 Å². The van der Waals surface area contributed by atoms with Crippen LogP contribution in [0.25, 0.3) is 0 Å². The molecule has 7 nitrogen and oxygen atoms in total. The number of carbonyl (C=O) groups is 2. The van der Waals surface area contributed by atoms with Crippen molar-refractivity contribution in [1.29, 1.82) is 0 Å². The molecule has 0 saturated carbocycles. The number of nitrogens with zero attached hydrogens (tertiary/aromatic N) is 2. The zero-order valence-corrected chi connectivity index (χ0v) is 25.4. The monoisotopic (exact) mass is 603 g/mol. The fourth-order valence-corrected chi connectivity index (χ4v) is 6.11. The van der Waals surface area contributed by atoms with Crippen LogP contribution in [0, 0.1) is 6.92 Å². The largest absolute Gasteiger partial charge is 0.352 e. The second kappa shape index (κ2) is 14.0. The third kappa shape index (κ3) is 7.56. The molecule has 0 fully saturated rings. The van der Waals surface area contributed by atoms with Gasteiger partial charge in [0, 0.05) is 22.6 Å². The minimum atomic E-state index is -4.18. The summed E-state index contributed by atoms with van der Waals surface area (Å²) in [4.78, 5) is 28.9. The number of benzene rings is 3. The van der Waals surface area contributed by atoms with Gasteiger partial charge in [-0.1, -0.05) is 79.5 Å². The number of rotatable bonds is 12. The van der Waals surface area contributed by atoms with Crippen molar-refractivity contribution in [3.63, 3.8) is 0 Å². The molecule has 0 spiro atoms. The summed E-state index contributed by atoms with van der Waals surface area (Å²) in [7, 11) is -4.18. The van der Waals surface area contributed by atoms with Crippen molar-refractivity contribution in [3.8, 4) is 0 Å². The lowest BCUT2D eigenvalue weighted by atomic mass is 10.1. The van der Waals surface area contributed by atoms with Crippen molar-refractivity contribution >= 4 is 50.7 Å². The van der Waals surface area contributed by atoms with E-state index in [1.165, 1.54) is 23.1 Å². The highest BCUT2D eigenvalue weighted by molar-refractivity contribution is 7.92. The van der Waals surface area contributed by atoms with Gasteiger partial charge in [0.2, 0.25) is 11.8 Å². The van der Waals surface area contributed by atoms with Gasteiger partial charge in [-0.05, 0) is 68.1 Å². The Morgan fingerprint density at radius 3 is 2.20 bits per heavy atom. The molecule has 0 aliphatic carbocycles. The highest BCUT2D eigenvalue weighted by Gasteiger charge is 2.34. The molecule has 40 heavy (non-hydrogen) atoms. The first kappa shape index (κ1) is 31.5. The number of halogens is 2. The molecule has 3 rings (SSSR count). The van der Waals surface area contributed by atoms with Gasteiger partial charge in [0.15, 0.2) is 0 Å². The topological polar surface area (TPSA) is 86.8 Å². The van der Waals surface area contributed by atoms with E-state index >= 15 is 0 Å². The van der Waals surface area contributed by atoms with Gasteiger partial charge < -0.3 is 10.2 Å². The van der Waals surface area contributed by atoms with E-state index in [9.17, 15) is 18.0 Å². The molecule has 2 amide bonds. The molecule has 0 aromatic heterocycles. The zero-order chi connectivity index (χ0) is 29.4. The highest BCUT2D eigenvalue weighted by atomic mass is 35.5. The maximum Gasteiger partial charge on any atom is 0.264 e. The molecule has 0 radical (unpaired) electrons. The van der Waals surface area contributed by atoms with Gasteiger partial charge in [-0.3, -0.25) is 13.9 Å². The predicted octanol–water partition coefficient (Wildman–Crippen LogP) is 6.22. The lowest BCUT2D eigenvalue weighted by molar-refractivity contribution is -0.140. The molecule has 0 aliphatic heterocycles. The lowest BCUT2D eigenvalue weighted by Gasteiger charge is -2.34. The molecule has 0 bridgehead atoms. The van der Waals surface area contributed by atoms with E-state index in [1.807, 2.05) is 20.8 Å². The smallest absolute Gasteiger partial charge is 0.264 e. The minimum absolute atomic E-state index is 0.0265. The van der Waals surface area contributed by atoms with Gasteiger partial charge in [-0.15, -0.1) is 0 Å².